The Balaban J connectivity index is 1.87. The Morgan fingerprint density at radius 3 is 1.83 bits per heavy atom. The second-order valence-electron chi connectivity index (χ2n) is 7.87. The number of likely N-dealkylation sites (N-methyl/N-ethyl adjacent to an activating group) is 1. The summed E-state index contributed by atoms with van der Waals surface area (Å²) in [5.41, 5.74) is 3.26. The largest absolute Gasteiger partial charge is 0.485 e. The molecule has 6 heteroatoms. The Morgan fingerprint density at radius 2 is 1.34 bits per heavy atom. The molecule has 0 aliphatic carbocycles. The predicted octanol–water partition coefficient (Wildman–Crippen LogP) is 5.56. The van der Waals surface area contributed by atoms with E-state index in [-0.39, 0.29) is 17.7 Å². The number of nitrogens with zero attached hydrogens (tertiary/aromatic N) is 1. The van der Waals surface area contributed by atoms with E-state index in [0.717, 1.165) is 50.2 Å². The van der Waals surface area contributed by atoms with Crippen LogP contribution in [0.3, 0.4) is 0 Å². The number of hydrogen-bond donors (Lipinski definition) is 2. The monoisotopic (exact) mass is 393 g/mol. The van der Waals surface area contributed by atoms with Crippen LogP contribution in [0, 0.1) is 11.6 Å². The lowest BCUT2D eigenvalue weighted by Crippen LogP contribution is -2.28. The number of benzene rings is 3. The number of halogens is 2. The fourth-order valence-corrected chi connectivity index (χ4v) is 4.17. The Kier molecular flexibility index (Phi) is 3.99. The molecule has 1 atom stereocenters. The van der Waals surface area contributed by atoms with E-state index in [1.54, 1.807) is 12.1 Å². The first kappa shape index (κ1) is 17.9. The predicted molar refractivity (Wildman–Crippen MR) is 114 cm³/mol. The molecule has 0 bridgehead atoms. The standard InChI is InChI=1S/C23H21F2N3O/c1-12(11-28(2)3)29-23-21-17(15-8-13(24)4-6-19(15)26-21)10-18-16-9-14(25)5-7-20(16)27-22(18)23/h4-10,12,26-27H,11H2,1-3H3. The van der Waals surface area contributed by atoms with E-state index >= 15 is 0 Å². The maximum atomic E-state index is 13.9. The Morgan fingerprint density at radius 1 is 0.828 bits per heavy atom. The third-order valence-electron chi connectivity index (χ3n) is 5.29. The number of nitrogens with one attached hydrogen (secondary N) is 2. The lowest BCUT2D eigenvalue weighted by Gasteiger charge is -2.19. The van der Waals surface area contributed by atoms with Crippen molar-refractivity contribution in [3.8, 4) is 5.75 Å². The van der Waals surface area contributed by atoms with Gasteiger partial charge < -0.3 is 19.6 Å². The number of rotatable bonds is 4. The highest BCUT2D eigenvalue weighted by Gasteiger charge is 2.20. The van der Waals surface area contributed by atoms with Gasteiger partial charge in [0, 0.05) is 39.1 Å². The molecule has 0 aliphatic rings. The van der Waals surface area contributed by atoms with E-state index in [2.05, 4.69) is 14.9 Å². The van der Waals surface area contributed by atoms with Gasteiger partial charge in [-0.25, -0.2) is 8.78 Å². The SMILES string of the molecule is CC(CN(C)C)Oc1c2[nH]c3ccc(F)cc3c2cc2c1[nH]c1ccc(F)cc12. The Labute approximate surface area is 166 Å². The Hall–Kier alpha value is -3.12. The number of aromatic amines is 2. The summed E-state index contributed by atoms with van der Waals surface area (Å²) in [6.07, 6.45) is -0.0786. The van der Waals surface area contributed by atoms with Gasteiger partial charge in [-0.15, -0.1) is 0 Å². The van der Waals surface area contributed by atoms with Crippen molar-refractivity contribution in [1.82, 2.24) is 14.9 Å². The van der Waals surface area contributed by atoms with E-state index in [1.807, 2.05) is 27.1 Å². The molecule has 0 saturated heterocycles. The average Bonchev–Trinajstić information content (AvgIpc) is 3.19. The summed E-state index contributed by atoms with van der Waals surface area (Å²) in [6.45, 7) is 2.75. The average molecular weight is 393 g/mol. The van der Waals surface area contributed by atoms with Gasteiger partial charge in [0.15, 0.2) is 5.75 Å². The zero-order valence-electron chi connectivity index (χ0n) is 16.4. The second kappa shape index (κ2) is 6.46. The molecule has 0 fully saturated rings. The van der Waals surface area contributed by atoms with Crippen LogP contribution in [0.1, 0.15) is 6.92 Å². The first-order valence-electron chi connectivity index (χ1n) is 9.57. The molecular formula is C23H21F2N3O. The molecule has 4 nitrogen and oxygen atoms in total. The van der Waals surface area contributed by atoms with Crippen molar-refractivity contribution in [2.75, 3.05) is 20.6 Å². The molecule has 0 amide bonds. The van der Waals surface area contributed by atoms with Gasteiger partial charge >= 0.3 is 0 Å². The smallest absolute Gasteiger partial charge is 0.167 e. The summed E-state index contributed by atoms with van der Waals surface area (Å²) in [5, 5.41) is 3.25. The van der Waals surface area contributed by atoms with Crippen LogP contribution in [0.15, 0.2) is 42.5 Å². The highest BCUT2D eigenvalue weighted by Crippen LogP contribution is 2.41. The highest BCUT2D eigenvalue weighted by molar-refractivity contribution is 6.20. The minimum absolute atomic E-state index is 0.0786. The van der Waals surface area contributed by atoms with Gasteiger partial charge in [-0.05, 0) is 63.5 Å². The summed E-state index contributed by atoms with van der Waals surface area (Å²) in [7, 11) is 3.99. The summed E-state index contributed by atoms with van der Waals surface area (Å²) in [5.74, 6) is 0.0684. The minimum atomic E-state index is -0.299. The van der Waals surface area contributed by atoms with Crippen LogP contribution in [-0.4, -0.2) is 41.6 Å². The number of fused-ring (bicyclic) bond motifs is 6. The van der Waals surface area contributed by atoms with Crippen molar-refractivity contribution in [1.29, 1.82) is 0 Å². The molecule has 2 N–H and O–H groups in total. The topological polar surface area (TPSA) is 44.0 Å². The van der Waals surface area contributed by atoms with E-state index in [4.69, 9.17) is 4.74 Å². The zero-order valence-corrected chi connectivity index (χ0v) is 16.4. The lowest BCUT2D eigenvalue weighted by molar-refractivity contribution is 0.180. The number of hydrogen-bond acceptors (Lipinski definition) is 2. The third-order valence-corrected chi connectivity index (χ3v) is 5.29. The maximum Gasteiger partial charge on any atom is 0.167 e. The molecule has 1 unspecified atom stereocenters. The van der Waals surface area contributed by atoms with Crippen LogP contribution >= 0.6 is 0 Å². The normalized spacial score (nSPS) is 13.3. The third kappa shape index (κ3) is 2.91. The van der Waals surface area contributed by atoms with Crippen LogP contribution < -0.4 is 4.74 Å². The summed E-state index contributed by atoms with van der Waals surface area (Å²) in [4.78, 5) is 8.82. The molecule has 5 aromatic rings. The number of ether oxygens (including phenoxy) is 1. The minimum Gasteiger partial charge on any atom is -0.485 e. The van der Waals surface area contributed by atoms with Crippen molar-refractivity contribution in [2.24, 2.45) is 0 Å². The molecule has 0 saturated carbocycles. The second-order valence-corrected chi connectivity index (χ2v) is 7.87. The van der Waals surface area contributed by atoms with Gasteiger partial charge in [-0.2, -0.15) is 0 Å². The summed E-state index contributed by atoms with van der Waals surface area (Å²) < 4.78 is 34.3. The fourth-order valence-electron chi connectivity index (χ4n) is 4.17. The van der Waals surface area contributed by atoms with Crippen molar-refractivity contribution in [3.63, 3.8) is 0 Å². The van der Waals surface area contributed by atoms with Gasteiger partial charge in [-0.1, -0.05) is 0 Å². The first-order chi connectivity index (χ1) is 13.9. The van der Waals surface area contributed by atoms with Gasteiger partial charge in [0.2, 0.25) is 0 Å². The van der Waals surface area contributed by atoms with Crippen LogP contribution in [0.5, 0.6) is 5.75 Å². The van der Waals surface area contributed by atoms with E-state index in [1.165, 1.54) is 24.3 Å². The van der Waals surface area contributed by atoms with Gasteiger partial charge in [0.1, 0.15) is 17.7 Å². The fraction of sp³-hybridized carbons (Fsp3) is 0.217. The zero-order chi connectivity index (χ0) is 20.3. The van der Waals surface area contributed by atoms with Crippen molar-refractivity contribution in [3.05, 3.63) is 54.1 Å². The van der Waals surface area contributed by atoms with Crippen molar-refractivity contribution >= 4 is 43.6 Å². The van der Waals surface area contributed by atoms with Crippen LogP contribution in [0.2, 0.25) is 0 Å². The molecular weight excluding hydrogens is 372 g/mol. The van der Waals surface area contributed by atoms with Crippen LogP contribution in [0.25, 0.3) is 43.6 Å². The highest BCUT2D eigenvalue weighted by atomic mass is 19.1. The molecule has 5 rings (SSSR count). The number of H-pyrrole nitrogens is 2. The van der Waals surface area contributed by atoms with E-state index < -0.39 is 0 Å². The molecule has 29 heavy (non-hydrogen) atoms. The van der Waals surface area contributed by atoms with Crippen molar-refractivity contribution in [2.45, 2.75) is 13.0 Å². The van der Waals surface area contributed by atoms with Gasteiger partial charge in [-0.3, -0.25) is 0 Å². The summed E-state index contributed by atoms with van der Waals surface area (Å²) >= 11 is 0. The van der Waals surface area contributed by atoms with Crippen LogP contribution in [0.4, 0.5) is 8.78 Å². The molecule has 0 spiro atoms. The number of aromatic nitrogens is 2. The molecule has 2 aromatic heterocycles. The van der Waals surface area contributed by atoms with E-state index in [9.17, 15) is 8.78 Å². The first-order valence-corrected chi connectivity index (χ1v) is 9.57. The summed E-state index contributed by atoms with van der Waals surface area (Å²) in [6, 6.07) is 11.3. The molecule has 3 aromatic carbocycles. The van der Waals surface area contributed by atoms with Gasteiger partial charge in [0.25, 0.3) is 0 Å². The Bertz CT molecular complexity index is 1290. The molecule has 148 valence electrons. The van der Waals surface area contributed by atoms with Crippen molar-refractivity contribution < 1.29 is 13.5 Å². The van der Waals surface area contributed by atoms with Gasteiger partial charge in [0.05, 0.1) is 11.0 Å². The molecule has 0 aliphatic heterocycles. The lowest BCUT2D eigenvalue weighted by atomic mass is 10.1. The molecule has 2 heterocycles. The van der Waals surface area contributed by atoms with E-state index in [0.29, 0.717) is 5.75 Å². The molecule has 0 radical (unpaired) electrons. The van der Waals surface area contributed by atoms with Crippen LogP contribution in [-0.2, 0) is 0 Å². The maximum absolute atomic E-state index is 13.9. The quantitative estimate of drug-likeness (QED) is 0.420.